The molecule has 0 aliphatic carbocycles. The Labute approximate surface area is 111 Å². The van der Waals surface area contributed by atoms with E-state index < -0.39 is 0 Å². The van der Waals surface area contributed by atoms with Crippen molar-refractivity contribution in [1.82, 2.24) is 10.2 Å². The molecule has 3 heteroatoms. The molecular formula is C15H28N2O. The van der Waals surface area contributed by atoms with Gasteiger partial charge in [-0.05, 0) is 56.5 Å². The molecular weight excluding hydrogens is 224 g/mol. The van der Waals surface area contributed by atoms with Crippen molar-refractivity contribution < 1.29 is 4.74 Å². The first kappa shape index (κ1) is 12.9. The molecule has 0 aromatic carbocycles. The average Bonchev–Trinajstić information content (AvgIpc) is 3.00. The van der Waals surface area contributed by atoms with E-state index in [0.29, 0.717) is 5.41 Å². The lowest BCUT2D eigenvalue weighted by Gasteiger charge is -2.38. The minimum absolute atomic E-state index is 0.522. The first-order valence-corrected chi connectivity index (χ1v) is 7.79. The molecule has 0 spiro atoms. The lowest BCUT2D eigenvalue weighted by molar-refractivity contribution is 0.0285. The molecule has 3 rings (SSSR count). The van der Waals surface area contributed by atoms with Crippen molar-refractivity contribution >= 4 is 0 Å². The zero-order valence-electron chi connectivity index (χ0n) is 11.8. The quantitative estimate of drug-likeness (QED) is 0.830. The molecule has 3 fully saturated rings. The van der Waals surface area contributed by atoms with E-state index in [9.17, 15) is 0 Å². The number of hydrogen-bond donors (Lipinski definition) is 1. The monoisotopic (exact) mass is 252 g/mol. The molecule has 3 nitrogen and oxygen atoms in total. The maximum absolute atomic E-state index is 5.52. The van der Waals surface area contributed by atoms with Crippen LogP contribution in [-0.4, -0.2) is 50.3 Å². The van der Waals surface area contributed by atoms with Gasteiger partial charge in [0.25, 0.3) is 0 Å². The number of rotatable bonds is 3. The fourth-order valence-corrected chi connectivity index (χ4v) is 4.18. The van der Waals surface area contributed by atoms with Gasteiger partial charge in [0.1, 0.15) is 0 Å². The summed E-state index contributed by atoms with van der Waals surface area (Å²) >= 11 is 0. The minimum atomic E-state index is 0.522. The summed E-state index contributed by atoms with van der Waals surface area (Å²) in [5.41, 5.74) is 0.522. The third kappa shape index (κ3) is 2.73. The lowest BCUT2D eigenvalue weighted by Crippen LogP contribution is -2.44. The second kappa shape index (κ2) is 5.48. The maximum atomic E-state index is 5.52. The Balaban J connectivity index is 1.60. The number of likely N-dealkylation sites (tertiary alicyclic amines) is 1. The van der Waals surface area contributed by atoms with Gasteiger partial charge >= 0.3 is 0 Å². The van der Waals surface area contributed by atoms with Crippen molar-refractivity contribution in [3.8, 4) is 0 Å². The van der Waals surface area contributed by atoms with Crippen LogP contribution in [0.4, 0.5) is 0 Å². The zero-order chi connectivity index (χ0) is 12.4. The summed E-state index contributed by atoms with van der Waals surface area (Å²) in [6.45, 7) is 9.52. The van der Waals surface area contributed by atoms with E-state index in [4.69, 9.17) is 4.74 Å². The van der Waals surface area contributed by atoms with Gasteiger partial charge in [-0.3, -0.25) is 4.90 Å². The van der Waals surface area contributed by atoms with Crippen molar-refractivity contribution in [3.63, 3.8) is 0 Å². The Morgan fingerprint density at radius 2 is 2.11 bits per heavy atom. The molecule has 1 N–H and O–H groups in total. The van der Waals surface area contributed by atoms with Crippen LogP contribution in [0.25, 0.3) is 0 Å². The Kier molecular flexibility index (Phi) is 3.92. The number of hydrogen-bond acceptors (Lipinski definition) is 3. The van der Waals surface area contributed by atoms with Crippen molar-refractivity contribution in [3.05, 3.63) is 0 Å². The molecule has 0 saturated carbocycles. The molecule has 0 amide bonds. The van der Waals surface area contributed by atoms with Gasteiger partial charge < -0.3 is 10.1 Å². The molecule has 0 bridgehead atoms. The highest BCUT2D eigenvalue weighted by Crippen LogP contribution is 2.34. The normalized spacial score (nSPS) is 39.5. The maximum Gasteiger partial charge on any atom is 0.0469 e. The fourth-order valence-electron chi connectivity index (χ4n) is 4.18. The van der Waals surface area contributed by atoms with Gasteiger partial charge in [-0.15, -0.1) is 0 Å². The van der Waals surface area contributed by atoms with Crippen LogP contribution in [0.15, 0.2) is 0 Å². The molecule has 18 heavy (non-hydrogen) atoms. The molecule has 0 radical (unpaired) electrons. The van der Waals surface area contributed by atoms with Gasteiger partial charge in [0.2, 0.25) is 0 Å². The van der Waals surface area contributed by atoms with Crippen LogP contribution < -0.4 is 5.32 Å². The third-order valence-corrected chi connectivity index (χ3v) is 5.27. The van der Waals surface area contributed by atoms with Crippen molar-refractivity contribution in [1.29, 1.82) is 0 Å². The summed E-state index contributed by atoms with van der Waals surface area (Å²) in [6, 6.07) is 0.853. The summed E-state index contributed by atoms with van der Waals surface area (Å²) in [5, 5.41) is 3.53. The van der Waals surface area contributed by atoms with Crippen LogP contribution in [0, 0.1) is 11.3 Å². The van der Waals surface area contributed by atoms with E-state index in [2.05, 4.69) is 17.1 Å². The van der Waals surface area contributed by atoms with Crippen LogP contribution in [0.3, 0.4) is 0 Å². The molecule has 0 aromatic heterocycles. The Morgan fingerprint density at radius 3 is 2.83 bits per heavy atom. The molecule has 3 aliphatic rings. The molecule has 104 valence electrons. The molecule has 3 heterocycles. The van der Waals surface area contributed by atoms with Gasteiger partial charge in [-0.2, -0.15) is 0 Å². The molecule has 0 aromatic rings. The first-order chi connectivity index (χ1) is 8.77. The zero-order valence-corrected chi connectivity index (χ0v) is 11.8. The summed E-state index contributed by atoms with van der Waals surface area (Å²) in [7, 11) is 0. The van der Waals surface area contributed by atoms with E-state index in [1.807, 2.05) is 0 Å². The molecule has 2 unspecified atom stereocenters. The highest BCUT2D eigenvalue weighted by Gasteiger charge is 2.38. The van der Waals surface area contributed by atoms with Gasteiger partial charge in [0, 0.05) is 32.3 Å². The predicted octanol–water partition coefficient (Wildman–Crippen LogP) is 1.88. The topological polar surface area (TPSA) is 24.5 Å². The van der Waals surface area contributed by atoms with E-state index >= 15 is 0 Å². The Bertz CT molecular complexity index is 270. The lowest BCUT2D eigenvalue weighted by atomic mass is 9.86. The van der Waals surface area contributed by atoms with Crippen molar-refractivity contribution in [2.75, 3.05) is 39.4 Å². The number of ether oxygens (including phenoxy) is 1. The number of nitrogens with zero attached hydrogens (tertiary/aromatic N) is 1. The second-order valence-electron chi connectivity index (χ2n) is 6.87. The second-order valence-corrected chi connectivity index (χ2v) is 6.87. The van der Waals surface area contributed by atoms with E-state index in [1.165, 1.54) is 58.3 Å². The minimum Gasteiger partial charge on any atom is -0.381 e. The Hall–Kier alpha value is -0.120. The summed E-state index contributed by atoms with van der Waals surface area (Å²) in [4.78, 5) is 2.81. The first-order valence-electron chi connectivity index (χ1n) is 7.79. The smallest absolute Gasteiger partial charge is 0.0469 e. The highest BCUT2D eigenvalue weighted by atomic mass is 16.5. The van der Waals surface area contributed by atoms with Gasteiger partial charge in [0.05, 0.1) is 0 Å². The molecule has 3 saturated heterocycles. The number of nitrogens with one attached hydrogen (secondary N) is 1. The van der Waals surface area contributed by atoms with E-state index in [-0.39, 0.29) is 0 Å². The van der Waals surface area contributed by atoms with Gasteiger partial charge in [-0.25, -0.2) is 0 Å². The van der Waals surface area contributed by atoms with E-state index in [1.54, 1.807) is 0 Å². The molecule has 2 atom stereocenters. The van der Waals surface area contributed by atoms with E-state index in [0.717, 1.165) is 25.2 Å². The molecule has 3 aliphatic heterocycles. The largest absolute Gasteiger partial charge is 0.381 e. The Morgan fingerprint density at radius 1 is 1.28 bits per heavy atom. The van der Waals surface area contributed by atoms with Crippen LogP contribution in [0.2, 0.25) is 0 Å². The summed E-state index contributed by atoms with van der Waals surface area (Å²) in [6.07, 6.45) is 6.76. The van der Waals surface area contributed by atoms with Gasteiger partial charge in [0.15, 0.2) is 0 Å². The van der Waals surface area contributed by atoms with Crippen molar-refractivity contribution in [2.24, 2.45) is 11.3 Å². The summed E-state index contributed by atoms with van der Waals surface area (Å²) in [5.74, 6) is 0.902. The highest BCUT2D eigenvalue weighted by molar-refractivity contribution is 4.92. The van der Waals surface area contributed by atoms with Crippen LogP contribution in [0.5, 0.6) is 0 Å². The van der Waals surface area contributed by atoms with Crippen LogP contribution in [-0.2, 0) is 4.74 Å². The van der Waals surface area contributed by atoms with Crippen molar-refractivity contribution in [2.45, 2.75) is 45.1 Å². The van der Waals surface area contributed by atoms with Crippen LogP contribution in [0.1, 0.15) is 39.0 Å². The van der Waals surface area contributed by atoms with Gasteiger partial charge in [-0.1, -0.05) is 6.92 Å². The summed E-state index contributed by atoms with van der Waals surface area (Å²) < 4.78 is 5.52. The third-order valence-electron chi connectivity index (χ3n) is 5.27. The predicted molar refractivity (Wildman–Crippen MR) is 73.7 cm³/mol. The fraction of sp³-hybridized carbons (Fsp3) is 1.00. The standard InChI is InChI=1S/C15H28N2O/c1-15(6-7-16-11-15)12-17-8-2-3-14(17)13-4-9-18-10-5-13/h13-14,16H,2-12H2,1H3. The average molecular weight is 252 g/mol. The SMILES string of the molecule is CC1(CN2CCCC2C2CCOCC2)CCNC1. The van der Waals surface area contributed by atoms with Crippen LogP contribution >= 0.6 is 0 Å².